The summed E-state index contributed by atoms with van der Waals surface area (Å²) in [4.78, 5) is 12.6. The van der Waals surface area contributed by atoms with Gasteiger partial charge in [0.05, 0.1) is 0 Å². The molecule has 1 atom stereocenters. The molecule has 1 aromatic carbocycles. The zero-order valence-electron chi connectivity index (χ0n) is 11.8. The fourth-order valence-corrected chi connectivity index (χ4v) is 2.27. The van der Waals surface area contributed by atoms with Crippen molar-refractivity contribution in [1.29, 1.82) is 0 Å². The summed E-state index contributed by atoms with van der Waals surface area (Å²) in [5.74, 6) is -0.528. The van der Waals surface area contributed by atoms with Crippen LogP contribution in [0.1, 0.15) is 6.42 Å². The highest BCUT2D eigenvalue weighted by Gasteiger charge is 2.40. The summed E-state index contributed by atoms with van der Waals surface area (Å²) in [5, 5.41) is 7.44. The summed E-state index contributed by atoms with van der Waals surface area (Å²) in [6.45, 7) is -1.31. The smallest absolute Gasteiger partial charge is 0.415 e. The van der Waals surface area contributed by atoms with Crippen molar-refractivity contribution in [2.75, 3.05) is 13.1 Å². The molecule has 6 nitrogen and oxygen atoms in total. The molecule has 1 aliphatic heterocycles. The van der Waals surface area contributed by atoms with Crippen molar-refractivity contribution < 1.29 is 27.1 Å². The van der Waals surface area contributed by atoms with Crippen molar-refractivity contribution in [2.24, 2.45) is 0 Å². The van der Waals surface area contributed by atoms with Crippen LogP contribution in [0.15, 0.2) is 34.7 Å². The standard InChI is InChI=1S/C14H12F3N3O3/c15-14(16,17)8-20-7-6-10(12(20)21)22-13-19-18-11(23-13)9-4-2-1-3-5-9/h1-5,10H,6-8H2/t10-/m0/s1. The molecule has 1 saturated heterocycles. The highest BCUT2D eigenvalue weighted by molar-refractivity contribution is 5.83. The summed E-state index contributed by atoms with van der Waals surface area (Å²) in [6.07, 6.45) is -5.58. The lowest BCUT2D eigenvalue weighted by molar-refractivity contribution is -0.159. The third-order valence-corrected chi connectivity index (χ3v) is 3.29. The Bertz CT molecular complexity index is 687. The Kier molecular flexibility index (Phi) is 3.93. The van der Waals surface area contributed by atoms with E-state index in [9.17, 15) is 18.0 Å². The van der Waals surface area contributed by atoms with E-state index >= 15 is 0 Å². The van der Waals surface area contributed by atoms with E-state index in [0.717, 1.165) is 0 Å². The Morgan fingerprint density at radius 2 is 2.00 bits per heavy atom. The van der Waals surface area contributed by atoms with Crippen LogP contribution in [0.5, 0.6) is 6.08 Å². The number of alkyl halides is 3. The highest BCUT2D eigenvalue weighted by Crippen LogP contribution is 2.25. The molecule has 1 aliphatic rings. The van der Waals surface area contributed by atoms with Crippen molar-refractivity contribution in [3.63, 3.8) is 0 Å². The Morgan fingerprint density at radius 3 is 2.70 bits per heavy atom. The number of hydrogen-bond acceptors (Lipinski definition) is 5. The molecule has 0 aliphatic carbocycles. The van der Waals surface area contributed by atoms with Gasteiger partial charge in [-0.2, -0.15) is 13.2 Å². The van der Waals surface area contributed by atoms with E-state index in [0.29, 0.717) is 10.5 Å². The van der Waals surface area contributed by atoms with Crippen molar-refractivity contribution in [1.82, 2.24) is 15.1 Å². The van der Waals surface area contributed by atoms with Gasteiger partial charge in [-0.15, -0.1) is 5.10 Å². The average Bonchev–Trinajstić information content (AvgIpc) is 3.09. The maximum Gasteiger partial charge on any atom is 0.415 e. The lowest BCUT2D eigenvalue weighted by Gasteiger charge is -2.17. The summed E-state index contributed by atoms with van der Waals surface area (Å²) >= 11 is 0. The Balaban J connectivity index is 1.65. The fourth-order valence-electron chi connectivity index (χ4n) is 2.27. The van der Waals surface area contributed by atoms with Crippen LogP contribution in [0.4, 0.5) is 13.2 Å². The number of likely N-dealkylation sites (tertiary alicyclic amines) is 1. The SMILES string of the molecule is O=C1[C@@H](Oc2nnc(-c3ccccc3)o2)CCN1CC(F)(F)F. The van der Waals surface area contributed by atoms with Gasteiger partial charge in [0.1, 0.15) is 6.54 Å². The molecule has 122 valence electrons. The van der Waals surface area contributed by atoms with E-state index in [1.54, 1.807) is 24.3 Å². The number of ether oxygens (including phenoxy) is 1. The molecule has 23 heavy (non-hydrogen) atoms. The third kappa shape index (κ3) is 3.61. The van der Waals surface area contributed by atoms with Gasteiger partial charge in [-0.05, 0) is 12.1 Å². The molecule has 9 heteroatoms. The molecule has 0 saturated carbocycles. The summed E-state index contributed by atoms with van der Waals surface area (Å²) in [7, 11) is 0. The number of carbonyl (C=O) groups excluding carboxylic acids is 1. The number of benzene rings is 1. The fraction of sp³-hybridized carbons (Fsp3) is 0.357. The zero-order chi connectivity index (χ0) is 16.4. The molecule has 0 radical (unpaired) electrons. The number of hydrogen-bond donors (Lipinski definition) is 0. The average molecular weight is 327 g/mol. The van der Waals surface area contributed by atoms with E-state index < -0.39 is 24.7 Å². The highest BCUT2D eigenvalue weighted by atomic mass is 19.4. The predicted octanol–water partition coefficient (Wildman–Crippen LogP) is 2.28. The zero-order valence-corrected chi connectivity index (χ0v) is 11.8. The minimum atomic E-state index is -4.44. The summed E-state index contributed by atoms with van der Waals surface area (Å²) < 4.78 is 47.6. The maximum atomic E-state index is 12.4. The van der Waals surface area contributed by atoms with Crippen LogP contribution in [-0.2, 0) is 4.79 Å². The largest absolute Gasteiger partial charge is 0.436 e. The van der Waals surface area contributed by atoms with Gasteiger partial charge in [-0.1, -0.05) is 23.3 Å². The number of nitrogens with zero attached hydrogens (tertiary/aromatic N) is 3. The van der Waals surface area contributed by atoms with Gasteiger partial charge in [0.2, 0.25) is 0 Å². The van der Waals surface area contributed by atoms with Gasteiger partial charge in [-0.25, -0.2) is 0 Å². The van der Waals surface area contributed by atoms with Crippen LogP contribution in [0, 0.1) is 0 Å². The van der Waals surface area contributed by atoms with E-state index in [1.807, 2.05) is 6.07 Å². The second kappa shape index (κ2) is 5.90. The molecule has 1 amide bonds. The first kappa shape index (κ1) is 15.3. The second-order valence-electron chi connectivity index (χ2n) is 5.01. The van der Waals surface area contributed by atoms with Crippen LogP contribution in [0.25, 0.3) is 11.5 Å². The minimum Gasteiger partial charge on any atom is -0.436 e. The van der Waals surface area contributed by atoms with Crippen molar-refractivity contribution in [3.05, 3.63) is 30.3 Å². The lowest BCUT2D eigenvalue weighted by Crippen LogP contribution is -2.38. The first-order chi connectivity index (χ1) is 10.9. The Labute approximate surface area is 128 Å². The van der Waals surface area contributed by atoms with Gasteiger partial charge in [0.25, 0.3) is 11.8 Å². The van der Waals surface area contributed by atoms with Gasteiger partial charge >= 0.3 is 12.3 Å². The number of aromatic nitrogens is 2. The number of rotatable bonds is 4. The van der Waals surface area contributed by atoms with Gasteiger partial charge in [0, 0.05) is 18.5 Å². The normalized spacial score (nSPS) is 18.5. The van der Waals surface area contributed by atoms with E-state index in [2.05, 4.69) is 10.2 Å². The van der Waals surface area contributed by atoms with E-state index in [-0.39, 0.29) is 24.9 Å². The lowest BCUT2D eigenvalue weighted by atomic mass is 10.2. The molecule has 2 heterocycles. The van der Waals surface area contributed by atoms with Crippen LogP contribution in [-0.4, -0.2) is 46.4 Å². The summed E-state index contributed by atoms with van der Waals surface area (Å²) in [5.41, 5.74) is 0.672. The van der Waals surface area contributed by atoms with Crippen LogP contribution >= 0.6 is 0 Å². The quantitative estimate of drug-likeness (QED) is 0.862. The first-order valence-corrected chi connectivity index (χ1v) is 6.83. The Morgan fingerprint density at radius 1 is 1.26 bits per heavy atom. The Hall–Kier alpha value is -2.58. The first-order valence-electron chi connectivity index (χ1n) is 6.83. The number of amides is 1. The number of carbonyl (C=O) groups is 1. The predicted molar refractivity (Wildman–Crippen MR) is 71.4 cm³/mol. The molecule has 0 spiro atoms. The molecule has 1 aromatic heterocycles. The molecule has 3 rings (SSSR count). The molecule has 1 fully saturated rings. The van der Waals surface area contributed by atoms with Crippen LogP contribution in [0.3, 0.4) is 0 Å². The molecular formula is C14H12F3N3O3. The summed E-state index contributed by atoms with van der Waals surface area (Å²) in [6, 6.07) is 8.90. The van der Waals surface area contributed by atoms with Gasteiger partial charge in [-0.3, -0.25) is 4.79 Å². The topological polar surface area (TPSA) is 68.5 Å². The van der Waals surface area contributed by atoms with E-state index in [1.165, 1.54) is 0 Å². The second-order valence-corrected chi connectivity index (χ2v) is 5.01. The van der Waals surface area contributed by atoms with Crippen LogP contribution in [0.2, 0.25) is 0 Å². The number of halogens is 3. The van der Waals surface area contributed by atoms with Crippen LogP contribution < -0.4 is 4.74 Å². The maximum absolute atomic E-state index is 12.4. The minimum absolute atomic E-state index is 0.0251. The third-order valence-electron chi connectivity index (χ3n) is 3.29. The van der Waals surface area contributed by atoms with Crippen molar-refractivity contribution in [3.8, 4) is 17.5 Å². The molecule has 0 unspecified atom stereocenters. The van der Waals surface area contributed by atoms with Gasteiger partial charge < -0.3 is 14.1 Å². The van der Waals surface area contributed by atoms with Crippen molar-refractivity contribution in [2.45, 2.75) is 18.7 Å². The van der Waals surface area contributed by atoms with Crippen molar-refractivity contribution >= 4 is 5.91 Å². The molecule has 0 N–H and O–H groups in total. The molecule has 0 bridgehead atoms. The van der Waals surface area contributed by atoms with E-state index in [4.69, 9.17) is 9.15 Å². The molecular weight excluding hydrogens is 315 g/mol. The molecule has 2 aromatic rings. The van der Waals surface area contributed by atoms with Gasteiger partial charge in [0.15, 0.2) is 6.10 Å². The monoisotopic (exact) mass is 327 g/mol.